The maximum absolute atomic E-state index is 7.00. The Labute approximate surface area is 288 Å². The highest BCUT2D eigenvalue weighted by Gasteiger charge is 2.47. The molecule has 1 fully saturated rings. The number of rotatable bonds is 13. The minimum Gasteiger partial charge on any atom is -0.368 e. The summed E-state index contributed by atoms with van der Waals surface area (Å²) in [4.78, 5) is 5.12. The predicted octanol–water partition coefficient (Wildman–Crippen LogP) is 8.72. The molecule has 3 atom stereocenters. The SMILES string of the molecule is CC1(C)OC[C@@H]([C@@H](OCc2ccccc2)[C@H](OCc2ccccc2)c2nccn2C(c2ccccc2)(c2ccccc2)c2ccccc2)O1. The van der Waals surface area contributed by atoms with Crippen LogP contribution in [0.15, 0.2) is 164 Å². The van der Waals surface area contributed by atoms with Crippen LogP contribution in [0.25, 0.3) is 0 Å². The van der Waals surface area contributed by atoms with Gasteiger partial charge in [0.15, 0.2) is 5.79 Å². The zero-order valence-electron chi connectivity index (χ0n) is 28.0. The Morgan fingerprint density at radius 3 is 1.57 bits per heavy atom. The molecule has 0 amide bonds. The van der Waals surface area contributed by atoms with Crippen molar-refractivity contribution in [2.45, 2.75) is 56.7 Å². The fraction of sp³-hybridized carbons (Fsp3) is 0.233. The highest BCUT2D eigenvalue weighted by atomic mass is 16.8. The lowest BCUT2D eigenvalue weighted by atomic mass is 9.76. The molecule has 0 unspecified atom stereocenters. The fourth-order valence-corrected chi connectivity index (χ4v) is 6.87. The molecule has 6 nitrogen and oxygen atoms in total. The monoisotopic (exact) mass is 650 g/mol. The lowest BCUT2D eigenvalue weighted by Crippen LogP contribution is -2.43. The quantitative estimate of drug-likeness (QED) is 0.117. The van der Waals surface area contributed by atoms with Gasteiger partial charge in [-0.05, 0) is 41.7 Å². The smallest absolute Gasteiger partial charge is 0.163 e. The van der Waals surface area contributed by atoms with Gasteiger partial charge in [-0.2, -0.15) is 0 Å². The summed E-state index contributed by atoms with van der Waals surface area (Å²) in [6, 6.07) is 52.2. The molecule has 1 aliphatic heterocycles. The third kappa shape index (κ3) is 7.00. The number of imidazole rings is 1. The van der Waals surface area contributed by atoms with E-state index in [-0.39, 0.29) is 0 Å². The third-order valence-corrected chi connectivity index (χ3v) is 9.11. The van der Waals surface area contributed by atoms with Gasteiger partial charge in [0.2, 0.25) is 0 Å². The van der Waals surface area contributed by atoms with Crippen molar-refractivity contribution in [3.05, 3.63) is 198 Å². The summed E-state index contributed by atoms with van der Waals surface area (Å²) in [6.45, 7) is 4.97. The largest absolute Gasteiger partial charge is 0.368 e. The van der Waals surface area contributed by atoms with Crippen LogP contribution < -0.4 is 0 Å². The first-order chi connectivity index (χ1) is 24.0. The normalized spacial score (nSPS) is 17.1. The van der Waals surface area contributed by atoms with Crippen molar-refractivity contribution in [3.8, 4) is 0 Å². The molecule has 1 saturated heterocycles. The minimum atomic E-state index is -0.791. The molecule has 49 heavy (non-hydrogen) atoms. The molecule has 1 aliphatic rings. The molecule has 2 heterocycles. The summed E-state index contributed by atoms with van der Waals surface area (Å²) >= 11 is 0. The summed E-state index contributed by atoms with van der Waals surface area (Å²) in [5.74, 6) is -0.0424. The molecule has 0 spiro atoms. The molecule has 0 radical (unpaired) electrons. The Morgan fingerprint density at radius 2 is 1.12 bits per heavy atom. The van der Waals surface area contributed by atoms with Gasteiger partial charge >= 0.3 is 0 Å². The number of benzene rings is 5. The van der Waals surface area contributed by atoms with Crippen molar-refractivity contribution in [2.24, 2.45) is 0 Å². The second-order valence-electron chi connectivity index (χ2n) is 12.8. The van der Waals surface area contributed by atoms with Crippen LogP contribution in [0.1, 0.15) is 53.6 Å². The van der Waals surface area contributed by atoms with Crippen LogP contribution in [0.3, 0.4) is 0 Å². The standard InChI is InChI=1S/C43H42N2O4/c1-42(2)48-32-38(49-42)39(46-30-33-18-8-3-9-19-33)40(47-31-34-20-10-4-11-21-34)41-44-28-29-45(41)43(35-22-12-5-13-23-35,36-24-14-6-15-25-36)37-26-16-7-17-27-37/h3-29,38-40H,30-32H2,1-2H3/t38-,39+,40-/m0/s1. The van der Waals surface area contributed by atoms with Gasteiger partial charge < -0.3 is 23.5 Å². The molecule has 1 aromatic heterocycles. The van der Waals surface area contributed by atoms with Gasteiger partial charge in [-0.1, -0.05) is 152 Å². The Kier molecular flexibility index (Phi) is 9.82. The maximum atomic E-state index is 7.00. The maximum Gasteiger partial charge on any atom is 0.163 e. The molecule has 248 valence electrons. The van der Waals surface area contributed by atoms with Crippen molar-refractivity contribution in [3.63, 3.8) is 0 Å². The van der Waals surface area contributed by atoms with E-state index in [2.05, 4.69) is 126 Å². The van der Waals surface area contributed by atoms with Crippen LogP contribution in [-0.4, -0.2) is 34.2 Å². The number of hydrogen-bond donors (Lipinski definition) is 0. The predicted molar refractivity (Wildman–Crippen MR) is 191 cm³/mol. The molecule has 0 N–H and O–H groups in total. The summed E-state index contributed by atoms with van der Waals surface area (Å²) in [6.07, 6.45) is 2.31. The Balaban J connectivity index is 1.42. The van der Waals surface area contributed by atoms with E-state index in [0.717, 1.165) is 33.6 Å². The van der Waals surface area contributed by atoms with E-state index in [1.807, 2.05) is 56.4 Å². The van der Waals surface area contributed by atoms with E-state index < -0.39 is 29.6 Å². The minimum absolute atomic E-state index is 0.357. The zero-order valence-corrected chi connectivity index (χ0v) is 28.0. The summed E-state index contributed by atoms with van der Waals surface area (Å²) in [5.41, 5.74) is 4.60. The van der Waals surface area contributed by atoms with Crippen LogP contribution in [0.5, 0.6) is 0 Å². The summed E-state index contributed by atoms with van der Waals surface area (Å²) in [7, 11) is 0. The van der Waals surface area contributed by atoms with E-state index in [0.29, 0.717) is 19.8 Å². The summed E-state index contributed by atoms with van der Waals surface area (Å²) < 4.78 is 28.8. The van der Waals surface area contributed by atoms with Gasteiger partial charge in [0.1, 0.15) is 29.7 Å². The van der Waals surface area contributed by atoms with Gasteiger partial charge in [-0.15, -0.1) is 0 Å². The average Bonchev–Trinajstić information content (AvgIpc) is 3.78. The van der Waals surface area contributed by atoms with E-state index >= 15 is 0 Å². The van der Waals surface area contributed by atoms with Gasteiger partial charge in [0, 0.05) is 12.4 Å². The Bertz CT molecular complexity index is 1780. The first-order valence-corrected chi connectivity index (χ1v) is 16.9. The molecule has 5 aromatic carbocycles. The van der Waals surface area contributed by atoms with Crippen LogP contribution >= 0.6 is 0 Å². The van der Waals surface area contributed by atoms with Crippen molar-refractivity contribution >= 4 is 0 Å². The highest BCUT2D eigenvalue weighted by molar-refractivity contribution is 5.51. The molecule has 0 aliphatic carbocycles. The Morgan fingerprint density at radius 1 is 0.673 bits per heavy atom. The van der Waals surface area contributed by atoms with Gasteiger partial charge in [0.25, 0.3) is 0 Å². The van der Waals surface area contributed by atoms with E-state index in [1.54, 1.807) is 0 Å². The second-order valence-corrected chi connectivity index (χ2v) is 12.8. The Hall–Kier alpha value is -4.85. The fourth-order valence-electron chi connectivity index (χ4n) is 6.87. The van der Waals surface area contributed by atoms with Crippen molar-refractivity contribution < 1.29 is 18.9 Å². The second kappa shape index (κ2) is 14.7. The van der Waals surface area contributed by atoms with Crippen LogP contribution in [0.4, 0.5) is 0 Å². The van der Waals surface area contributed by atoms with E-state index in [1.165, 1.54) is 0 Å². The van der Waals surface area contributed by atoms with Gasteiger partial charge in [-0.3, -0.25) is 0 Å². The van der Waals surface area contributed by atoms with Crippen molar-refractivity contribution in [2.75, 3.05) is 6.61 Å². The zero-order chi connectivity index (χ0) is 33.5. The number of nitrogens with zero attached hydrogens (tertiary/aromatic N) is 2. The first-order valence-electron chi connectivity index (χ1n) is 16.9. The number of ether oxygens (including phenoxy) is 4. The average molecular weight is 651 g/mol. The third-order valence-electron chi connectivity index (χ3n) is 9.11. The van der Waals surface area contributed by atoms with E-state index in [9.17, 15) is 0 Å². The first kappa shape index (κ1) is 32.7. The molecule has 6 heteroatoms. The highest BCUT2D eigenvalue weighted by Crippen LogP contribution is 2.44. The summed E-state index contributed by atoms with van der Waals surface area (Å²) in [5, 5.41) is 0. The number of hydrogen-bond acceptors (Lipinski definition) is 5. The van der Waals surface area contributed by atoms with Crippen LogP contribution in [-0.2, 0) is 37.7 Å². The topological polar surface area (TPSA) is 54.7 Å². The molecule has 7 rings (SSSR count). The van der Waals surface area contributed by atoms with Crippen molar-refractivity contribution in [1.82, 2.24) is 9.55 Å². The number of aromatic nitrogens is 2. The lowest BCUT2D eigenvalue weighted by Gasteiger charge is -2.40. The van der Waals surface area contributed by atoms with Crippen molar-refractivity contribution in [1.29, 1.82) is 0 Å². The molecular weight excluding hydrogens is 608 g/mol. The molecular formula is C43H42N2O4. The van der Waals surface area contributed by atoms with Crippen LogP contribution in [0.2, 0.25) is 0 Å². The molecule has 6 aromatic rings. The van der Waals surface area contributed by atoms with Gasteiger partial charge in [0.05, 0.1) is 19.8 Å². The lowest BCUT2D eigenvalue weighted by molar-refractivity contribution is -0.182. The van der Waals surface area contributed by atoms with E-state index in [4.69, 9.17) is 23.9 Å². The molecule has 0 bridgehead atoms. The van der Waals surface area contributed by atoms with Crippen LogP contribution in [0, 0.1) is 0 Å². The van der Waals surface area contributed by atoms with Gasteiger partial charge in [-0.25, -0.2) is 4.98 Å². The molecule has 0 saturated carbocycles.